The molecule has 1 unspecified atom stereocenters. The number of hydrogen-bond acceptors (Lipinski definition) is 5. The van der Waals surface area contributed by atoms with Gasteiger partial charge in [0.2, 0.25) is 0 Å². The topological polar surface area (TPSA) is 85.1 Å². The lowest BCUT2D eigenvalue weighted by molar-refractivity contribution is 0.287. The first kappa shape index (κ1) is 21.4. The average Bonchev–Trinajstić information content (AvgIpc) is 3.17. The fourth-order valence-corrected chi connectivity index (χ4v) is 3.17. The summed E-state index contributed by atoms with van der Waals surface area (Å²) in [4.78, 5) is 4.34. The fourth-order valence-electron chi connectivity index (χ4n) is 3.17. The SMILES string of the molecule is CCOc1ccc(C(C)NC(=NC)NCCc2nnc3ccccn23)cc1OCC. The first-order valence-electron chi connectivity index (χ1n) is 10.3. The average molecular weight is 411 g/mol. The molecule has 0 amide bonds. The van der Waals surface area contributed by atoms with E-state index in [-0.39, 0.29) is 6.04 Å². The Bertz CT molecular complexity index is 985. The van der Waals surface area contributed by atoms with Gasteiger partial charge in [-0.15, -0.1) is 10.2 Å². The quantitative estimate of drug-likeness (QED) is 0.417. The van der Waals surface area contributed by atoms with E-state index in [0.29, 0.717) is 19.8 Å². The molecule has 30 heavy (non-hydrogen) atoms. The van der Waals surface area contributed by atoms with E-state index in [9.17, 15) is 0 Å². The van der Waals surface area contributed by atoms with Gasteiger partial charge in [-0.2, -0.15) is 0 Å². The lowest BCUT2D eigenvalue weighted by Gasteiger charge is -2.20. The van der Waals surface area contributed by atoms with Crippen LogP contribution in [0.2, 0.25) is 0 Å². The molecule has 0 saturated carbocycles. The van der Waals surface area contributed by atoms with Crippen molar-refractivity contribution in [1.29, 1.82) is 0 Å². The third-order valence-electron chi connectivity index (χ3n) is 4.67. The Morgan fingerprint density at radius 3 is 2.67 bits per heavy atom. The number of aliphatic imine (C=N–C) groups is 1. The summed E-state index contributed by atoms with van der Waals surface area (Å²) in [5.74, 6) is 3.16. The van der Waals surface area contributed by atoms with Crippen LogP contribution in [0.4, 0.5) is 0 Å². The minimum atomic E-state index is 0.0417. The number of hydrogen-bond donors (Lipinski definition) is 2. The smallest absolute Gasteiger partial charge is 0.191 e. The molecule has 0 saturated heterocycles. The standard InChI is InChI=1S/C22H30N6O2/c1-5-29-18-11-10-17(15-19(18)30-6-2)16(3)25-22(23-4)24-13-12-21-27-26-20-9-7-8-14-28(20)21/h7-11,14-16H,5-6,12-13H2,1-4H3,(H2,23,24,25). The van der Waals surface area contributed by atoms with Crippen LogP contribution in [0.5, 0.6) is 11.5 Å². The fraction of sp³-hybridized carbons (Fsp3) is 0.409. The molecule has 0 spiro atoms. The zero-order valence-electron chi connectivity index (χ0n) is 18.1. The van der Waals surface area contributed by atoms with E-state index >= 15 is 0 Å². The molecule has 0 bridgehead atoms. The molecule has 0 fully saturated rings. The van der Waals surface area contributed by atoms with Gasteiger partial charge in [-0.25, -0.2) is 0 Å². The predicted octanol–water partition coefficient (Wildman–Crippen LogP) is 3.00. The molecule has 2 N–H and O–H groups in total. The number of rotatable bonds is 9. The van der Waals surface area contributed by atoms with Gasteiger partial charge in [-0.05, 0) is 50.6 Å². The van der Waals surface area contributed by atoms with Gasteiger partial charge in [0.25, 0.3) is 0 Å². The van der Waals surface area contributed by atoms with Crippen LogP contribution in [0, 0.1) is 0 Å². The van der Waals surface area contributed by atoms with Crippen molar-refractivity contribution >= 4 is 11.6 Å². The molecule has 0 aliphatic carbocycles. The van der Waals surface area contributed by atoms with Gasteiger partial charge in [-0.3, -0.25) is 9.39 Å². The Balaban J connectivity index is 1.59. The monoisotopic (exact) mass is 410 g/mol. The summed E-state index contributed by atoms with van der Waals surface area (Å²) < 4.78 is 13.4. The maximum absolute atomic E-state index is 5.74. The number of ether oxygens (including phenoxy) is 2. The number of fused-ring (bicyclic) bond motifs is 1. The van der Waals surface area contributed by atoms with Gasteiger partial charge in [0.1, 0.15) is 5.82 Å². The predicted molar refractivity (Wildman–Crippen MR) is 118 cm³/mol. The van der Waals surface area contributed by atoms with E-state index < -0.39 is 0 Å². The Morgan fingerprint density at radius 2 is 1.90 bits per heavy atom. The molecule has 8 heteroatoms. The summed E-state index contributed by atoms with van der Waals surface area (Å²) in [6.07, 6.45) is 2.71. The minimum absolute atomic E-state index is 0.0417. The van der Waals surface area contributed by atoms with Crippen molar-refractivity contribution in [2.24, 2.45) is 4.99 Å². The highest BCUT2D eigenvalue weighted by Gasteiger charge is 2.13. The second kappa shape index (κ2) is 10.5. The highest BCUT2D eigenvalue weighted by Crippen LogP contribution is 2.30. The number of aromatic nitrogens is 3. The Labute approximate surface area is 177 Å². The van der Waals surface area contributed by atoms with E-state index in [1.54, 1.807) is 7.05 Å². The van der Waals surface area contributed by atoms with Crippen LogP contribution in [0.3, 0.4) is 0 Å². The lowest BCUT2D eigenvalue weighted by Crippen LogP contribution is -2.39. The zero-order valence-corrected chi connectivity index (χ0v) is 18.1. The van der Waals surface area contributed by atoms with Crippen LogP contribution < -0.4 is 20.1 Å². The Hall–Kier alpha value is -3.29. The van der Waals surface area contributed by atoms with Crippen LogP contribution in [0.15, 0.2) is 47.6 Å². The van der Waals surface area contributed by atoms with Crippen molar-refractivity contribution in [3.05, 3.63) is 54.0 Å². The zero-order chi connectivity index (χ0) is 21.3. The van der Waals surface area contributed by atoms with Crippen molar-refractivity contribution in [2.45, 2.75) is 33.2 Å². The van der Waals surface area contributed by atoms with Crippen LogP contribution in [-0.4, -0.2) is 47.4 Å². The van der Waals surface area contributed by atoms with Crippen LogP contribution in [-0.2, 0) is 6.42 Å². The van der Waals surface area contributed by atoms with Gasteiger partial charge >= 0.3 is 0 Å². The minimum Gasteiger partial charge on any atom is -0.490 e. The van der Waals surface area contributed by atoms with Crippen LogP contribution in [0.25, 0.3) is 5.65 Å². The molecule has 0 aliphatic heterocycles. The first-order valence-corrected chi connectivity index (χ1v) is 10.3. The normalized spacial score (nSPS) is 12.6. The number of nitrogens with one attached hydrogen (secondary N) is 2. The number of benzene rings is 1. The van der Waals surface area contributed by atoms with Gasteiger partial charge < -0.3 is 20.1 Å². The van der Waals surface area contributed by atoms with Crippen LogP contribution in [0.1, 0.15) is 38.2 Å². The summed E-state index contributed by atoms with van der Waals surface area (Å²) in [5.41, 5.74) is 1.94. The molecule has 2 heterocycles. The van der Waals surface area contributed by atoms with E-state index in [4.69, 9.17) is 9.47 Å². The third kappa shape index (κ3) is 5.20. The van der Waals surface area contributed by atoms with Crippen molar-refractivity contribution in [3.8, 4) is 11.5 Å². The maximum atomic E-state index is 5.74. The van der Waals surface area contributed by atoms with E-state index in [1.165, 1.54) is 0 Å². The molecule has 3 aromatic rings. The van der Waals surface area contributed by atoms with Gasteiger partial charge in [-0.1, -0.05) is 12.1 Å². The summed E-state index contributed by atoms with van der Waals surface area (Å²) >= 11 is 0. The number of pyridine rings is 1. The molecule has 160 valence electrons. The molecule has 3 rings (SSSR count). The van der Waals surface area contributed by atoms with Gasteiger partial charge in [0, 0.05) is 26.2 Å². The van der Waals surface area contributed by atoms with Crippen LogP contribution >= 0.6 is 0 Å². The molecular weight excluding hydrogens is 380 g/mol. The molecule has 1 aromatic carbocycles. The Kier molecular flexibility index (Phi) is 7.48. The Morgan fingerprint density at radius 1 is 1.10 bits per heavy atom. The second-order valence-electron chi connectivity index (χ2n) is 6.73. The largest absolute Gasteiger partial charge is 0.490 e. The molecule has 0 aliphatic rings. The number of nitrogens with zero attached hydrogens (tertiary/aromatic N) is 4. The summed E-state index contributed by atoms with van der Waals surface area (Å²) in [6.45, 7) is 7.90. The van der Waals surface area contributed by atoms with Gasteiger partial charge in [0.15, 0.2) is 23.1 Å². The van der Waals surface area contributed by atoms with Crippen molar-refractivity contribution in [3.63, 3.8) is 0 Å². The molecule has 0 radical (unpaired) electrons. The summed E-state index contributed by atoms with van der Waals surface area (Å²) in [7, 11) is 1.76. The molecule has 1 atom stereocenters. The van der Waals surface area contributed by atoms with E-state index in [1.807, 2.05) is 60.8 Å². The van der Waals surface area contributed by atoms with Gasteiger partial charge in [0.05, 0.1) is 19.3 Å². The van der Waals surface area contributed by atoms with Crippen molar-refractivity contribution in [1.82, 2.24) is 25.2 Å². The third-order valence-corrected chi connectivity index (χ3v) is 4.67. The summed E-state index contributed by atoms with van der Waals surface area (Å²) in [6, 6.07) is 11.9. The highest BCUT2D eigenvalue weighted by molar-refractivity contribution is 5.80. The highest BCUT2D eigenvalue weighted by atomic mass is 16.5. The second-order valence-corrected chi connectivity index (χ2v) is 6.73. The molecular formula is C22H30N6O2. The maximum Gasteiger partial charge on any atom is 0.191 e. The molecule has 2 aromatic heterocycles. The lowest BCUT2D eigenvalue weighted by atomic mass is 10.1. The van der Waals surface area contributed by atoms with Crippen molar-refractivity contribution < 1.29 is 9.47 Å². The summed E-state index contributed by atoms with van der Waals surface area (Å²) in [5, 5.41) is 15.2. The van der Waals surface area contributed by atoms with Crippen molar-refractivity contribution in [2.75, 3.05) is 26.8 Å². The number of guanidine groups is 1. The van der Waals surface area contributed by atoms with E-state index in [2.05, 4.69) is 32.7 Å². The first-order chi connectivity index (χ1) is 14.7. The van der Waals surface area contributed by atoms with E-state index in [0.717, 1.165) is 40.9 Å². The molecule has 8 nitrogen and oxygen atoms in total.